The topological polar surface area (TPSA) is 61.9 Å². The molecule has 64 valence electrons. The van der Waals surface area contributed by atoms with E-state index >= 15 is 0 Å². The Hall–Kier alpha value is -1.29. The number of anilines is 1. The number of halogens is 2. The lowest BCUT2D eigenvalue weighted by Crippen LogP contribution is -2.20. The lowest BCUT2D eigenvalue weighted by Gasteiger charge is -2.03. The predicted octanol–water partition coefficient (Wildman–Crippen LogP) is 1.78. The summed E-state index contributed by atoms with van der Waals surface area (Å²) in [4.78, 5) is 0. The highest BCUT2D eigenvalue weighted by Gasteiger charge is 2.00. The van der Waals surface area contributed by atoms with E-state index in [1.807, 2.05) is 0 Å². The minimum absolute atomic E-state index is 0.00116. The zero-order valence-corrected chi connectivity index (χ0v) is 6.82. The number of benzene rings is 1. The van der Waals surface area contributed by atoms with Crippen molar-refractivity contribution in [2.24, 2.45) is 5.73 Å². The summed E-state index contributed by atoms with van der Waals surface area (Å²) in [5, 5.41) is 9.37. The molecule has 1 aromatic carbocycles. The minimum Gasteiger partial charge on any atom is -0.370 e. The summed E-state index contributed by atoms with van der Waals surface area (Å²) in [6.07, 6.45) is 0. The van der Waals surface area contributed by atoms with Gasteiger partial charge in [-0.3, -0.25) is 5.41 Å². The van der Waals surface area contributed by atoms with Crippen LogP contribution in [0.15, 0.2) is 18.2 Å². The van der Waals surface area contributed by atoms with Crippen molar-refractivity contribution in [1.29, 1.82) is 5.41 Å². The van der Waals surface area contributed by atoms with Crippen LogP contribution in [0.5, 0.6) is 0 Å². The van der Waals surface area contributed by atoms with Gasteiger partial charge in [0.15, 0.2) is 5.96 Å². The zero-order chi connectivity index (χ0) is 9.14. The average Bonchev–Trinajstić information content (AvgIpc) is 1.96. The SMILES string of the molecule is N=C(N)Nc1ccc(F)c(Cl)c1. The second-order valence-corrected chi connectivity index (χ2v) is 2.57. The van der Waals surface area contributed by atoms with Crippen molar-refractivity contribution >= 4 is 23.2 Å². The van der Waals surface area contributed by atoms with Crippen molar-refractivity contribution in [3.05, 3.63) is 29.0 Å². The van der Waals surface area contributed by atoms with Crippen molar-refractivity contribution in [2.75, 3.05) is 5.32 Å². The predicted molar refractivity (Wildman–Crippen MR) is 46.9 cm³/mol. The van der Waals surface area contributed by atoms with Crippen LogP contribution in [0.2, 0.25) is 5.02 Å². The second kappa shape index (κ2) is 3.40. The molecule has 5 heteroatoms. The van der Waals surface area contributed by atoms with Gasteiger partial charge in [0, 0.05) is 5.69 Å². The molecule has 0 fully saturated rings. The molecule has 1 rings (SSSR count). The number of nitrogens with two attached hydrogens (primary N) is 1. The first-order valence-corrected chi connectivity index (χ1v) is 3.53. The Morgan fingerprint density at radius 3 is 2.75 bits per heavy atom. The molecule has 0 atom stereocenters. The molecule has 1 aromatic rings. The van der Waals surface area contributed by atoms with Gasteiger partial charge in [-0.25, -0.2) is 4.39 Å². The fourth-order valence-corrected chi connectivity index (χ4v) is 0.910. The van der Waals surface area contributed by atoms with Gasteiger partial charge < -0.3 is 11.1 Å². The molecule has 0 spiro atoms. The molecule has 0 bridgehead atoms. The van der Waals surface area contributed by atoms with E-state index in [9.17, 15) is 4.39 Å². The molecule has 0 aliphatic rings. The average molecular weight is 188 g/mol. The summed E-state index contributed by atoms with van der Waals surface area (Å²) in [5.41, 5.74) is 5.54. The van der Waals surface area contributed by atoms with Gasteiger partial charge in [-0.1, -0.05) is 11.6 Å². The molecule has 0 amide bonds. The summed E-state index contributed by atoms with van der Waals surface area (Å²) in [6.45, 7) is 0. The maximum Gasteiger partial charge on any atom is 0.190 e. The van der Waals surface area contributed by atoms with E-state index in [-0.39, 0.29) is 11.0 Å². The third kappa shape index (κ3) is 2.10. The van der Waals surface area contributed by atoms with Crippen molar-refractivity contribution in [1.82, 2.24) is 0 Å². The third-order valence-corrected chi connectivity index (χ3v) is 1.49. The molecule has 0 saturated heterocycles. The first kappa shape index (κ1) is 8.80. The third-order valence-electron chi connectivity index (χ3n) is 1.20. The van der Waals surface area contributed by atoms with E-state index < -0.39 is 5.82 Å². The van der Waals surface area contributed by atoms with Crippen molar-refractivity contribution in [3.8, 4) is 0 Å². The molecule has 0 radical (unpaired) electrons. The van der Waals surface area contributed by atoms with Gasteiger partial charge in [0.1, 0.15) is 5.82 Å². The Labute approximate surface area is 73.8 Å². The summed E-state index contributed by atoms with van der Waals surface area (Å²) in [7, 11) is 0. The van der Waals surface area contributed by atoms with Gasteiger partial charge in [-0.2, -0.15) is 0 Å². The van der Waals surface area contributed by atoms with Crippen molar-refractivity contribution in [3.63, 3.8) is 0 Å². The molecule has 0 unspecified atom stereocenters. The number of rotatable bonds is 1. The van der Waals surface area contributed by atoms with Gasteiger partial charge in [0.25, 0.3) is 0 Å². The molecular formula is C7H7ClFN3. The van der Waals surface area contributed by atoms with Crippen LogP contribution in [0.25, 0.3) is 0 Å². The standard InChI is InChI=1S/C7H7ClFN3/c8-5-3-4(12-7(10)11)1-2-6(5)9/h1-3H,(H4,10,11,12). The fraction of sp³-hybridized carbons (Fsp3) is 0. The molecule has 12 heavy (non-hydrogen) atoms. The Morgan fingerprint density at radius 2 is 2.25 bits per heavy atom. The largest absolute Gasteiger partial charge is 0.370 e. The summed E-state index contributed by atoms with van der Waals surface area (Å²) < 4.78 is 12.6. The highest BCUT2D eigenvalue weighted by molar-refractivity contribution is 6.31. The summed E-state index contributed by atoms with van der Waals surface area (Å²) in [6, 6.07) is 4.01. The van der Waals surface area contributed by atoms with Crippen LogP contribution in [0.4, 0.5) is 10.1 Å². The first-order valence-electron chi connectivity index (χ1n) is 3.15. The molecule has 0 aliphatic heterocycles. The Kier molecular flexibility index (Phi) is 2.50. The van der Waals surface area contributed by atoms with Crippen LogP contribution >= 0.6 is 11.6 Å². The zero-order valence-electron chi connectivity index (χ0n) is 6.07. The molecule has 0 heterocycles. The van der Waals surface area contributed by atoms with E-state index in [0.29, 0.717) is 5.69 Å². The Balaban J connectivity index is 2.89. The van der Waals surface area contributed by atoms with Crippen LogP contribution in [0.3, 0.4) is 0 Å². The van der Waals surface area contributed by atoms with Crippen molar-refractivity contribution in [2.45, 2.75) is 0 Å². The highest BCUT2D eigenvalue weighted by Crippen LogP contribution is 2.18. The van der Waals surface area contributed by atoms with Crippen LogP contribution in [-0.4, -0.2) is 5.96 Å². The lowest BCUT2D eigenvalue weighted by molar-refractivity contribution is 0.628. The molecule has 0 aliphatic carbocycles. The second-order valence-electron chi connectivity index (χ2n) is 2.17. The van der Waals surface area contributed by atoms with Gasteiger partial charge >= 0.3 is 0 Å². The van der Waals surface area contributed by atoms with Crippen LogP contribution in [-0.2, 0) is 0 Å². The lowest BCUT2D eigenvalue weighted by atomic mass is 10.3. The van der Waals surface area contributed by atoms with E-state index in [4.69, 9.17) is 22.7 Å². The molecule has 4 N–H and O–H groups in total. The molecule has 3 nitrogen and oxygen atoms in total. The van der Waals surface area contributed by atoms with Crippen LogP contribution < -0.4 is 11.1 Å². The minimum atomic E-state index is -0.495. The molecule has 0 aromatic heterocycles. The summed E-state index contributed by atoms with van der Waals surface area (Å²) in [5.74, 6) is -0.705. The molecular weight excluding hydrogens is 181 g/mol. The fourth-order valence-electron chi connectivity index (χ4n) is 0.729. The monoisotopic (exact) mass is 187 g/mol. The highest BCUT2D eigenvalue weighted by atomic mass is 35.5. The van der Waals surface area contributed by atoms with Gasteiger partial charge in [-0.05, 0) is 18.2 Å². The van der Waals surface area contributed by atoms with Crippen molar-refractivity contribution < 1.29 is 4.39 Å². The van der Waals surface area contributed by atoms with E-state index in [1.54, 1.807) is 0 Å². The maximum absolute atomic E-state index is 12.6. The number of nitrogens with one attached hydrogen (secondary N) is 2. The quantitative estimate of drug-likeness (QED) is 0.464. The van der Waals surface area contributed by atoms with E-state index in [0.717, 1.165) is 0 Å². The van der Waals surface area contributed by atoms with Crippen LogP contribution in [0.1, 0.15) is 0 Å². The van der Waals surface area contributed by atoms with Gasteiger partial charge in [0.05, 0.1) is 5.02 Å². The summed E-state index contributed by atoms with van der Waals surface area (Å²) >= 11 is 5.47. The van der Waals surface area contributed by atoms with Gasteiger partial charge in [0.2, 0.25) is 0 Å². The Morgan fingerprint density at radius 1 is 1.58 bits per heavy atom. The Bertz CT molecular complexity index is 314. The van der Waals surface area contributed by atoms with Crippen LogP contribution in [0, 0.1) is 11.2 Å². The number of hydrogen-bond donors (Lipinski definition) is 3. The van der Waals surface area contributed by atoms with E-state index in [2.05, 4.69) is 5.32 Å². The number of guanidine groups is 1. The van der Waals surface area contributed by atoms with Gasteiger partial charge in [-0.15, -0.1) is 0 Å². The van der Waals surface area contributed by atoms with E-state index in [1.165, 1.54) is 18.2 Å². The smallest absolute Gasteiger partial charge is 0.190 e. The normalized spacial score (nSPS) is 9.50. The number of hydrogen-bond acceptors (Lipinski definition) is 1. The maximum atomic E-state index is 12.6. The first-order chi connectivity index (χ1) is 5.59. The molecule has 0 saturated carbocycles.